The summed E-state index contributed by atoms with van der Waals surface area (Å²) >= 11 is 0. The Labute approximate surface area is 113 Å². The number of benzene rings is 1. The average Bonchev–Trinajstić information content (AvgIpc) is 2.85. The molecule has 0 aliphatic carbocycles. The van der Waals surface area contributed by atoms with Crippen molar-refractivity contribution in [1.82, 2.24) is 5.32 Å². The van der Waals surface area contributed by atoms with Crippen molar-refractivity contribution in [2.75, 3.05) is 0 Å². The van der Waals surface area contributed by atoms with Gasteiger partial charge in [0.25, 0.3) is 0 Å². The summed E-state index contributed by atoms with van der Waals surface area (Å²) in [5, 5.41) is 2.87. The van der Waals surface area contributed by atoms with Crippen molar-refractivity contribution in [2.24, 2.45) is 0 Å². The summed E-state index contributed by atoms with van der Waals surface area (Å²) in [5.41, 5.74) is 1.06. The fourth-order valence-electron chi connectivity index (χ4n) is 1.90. The van der Waals surface area contributed by atoms with Gasteiger partial charge in [-0.15, -0.1) is 0 Å². The molecule has 1 aromatic carbocycles. The molecule has 1 N–H and O–H groups in total. The molecular formula is C16H19NO2. The zero-order valence-electron chi connectivity index (χ0n) is 11.3. The minimum absolute atomic E-state index is 0.0626. The molecule has 0 atom stereocenters. The molecule has 1 amide bonds. The van der Waals surface area contributed by atoms with Crippen molar-refractivity contribution in [1.29, 1.82) is 0 Å². The van der Waals surface area contributed by atoms with Crippen LogP contribution in [0.2, 0.25) is 0 Å². The van der Waals surface area contributed by atoms with Crippen molar-refractivity contribution < 1.29 is 9.21 Å². The van der Waals surface area contributed by atoms with Crippen molar-refractivity contribution in [3.05, 3.63) is 48.2 Å². The van der Waals surface area contributed by atoms with E-state index in [4.69, 9.17) is 4.42 Å². The van der Waals surface area contributed by atoms with Gasteiger partial charge in [-0.05, 0) is 26.0 Å². The van der Waals surface area contributed by atoms with Gasteiger partial charge in [-0.25, -0.2) is 0 Å². The molecule has 0 unspecified atom stereocenters. The lowest BCUT2D eigenvalue weighted by molar-refractivity contribution is -0.121. The van der Waals surface area contributed by atoms with E-state index in [1.165, 1.54) is 0 Å². The Morgan fingerprint density at radius 3 is 2.58 bits per heavy atom. The van der Waals surface area contributed by atoms with E-state index in [1.54, 1.807) is 0 Å². The lowest BCUT2D eigenvalue weighted by atomic mass is 10.2. The molecule has 2 rings (SSSR count). The number of furan rings is 1. The lowest BCUT2D eigenvalue weighted by Gasteiger charge is -2.06. The zero-order chi connectivity index (χ0) is 13.7. The number of rotatable bonds is 5. The highest BCUT2D eigenvalue weighted by Crippen LogP contribution is 2.22. The molecule has 0 saturated heterocycles. The predicted octanol–water partition coefficient (Wildman–Crippen LogP) is 3.40. The Morgan fingerprint density at radius 2 is 1.89 bits per heavy atom. The van der Waals surface area contributed by atoms with Gasteiger partial charge in [-0.3, -0.25) is 4.79 Å². The SMILES string of the molecule is CC(C)NC(=O)CCc1ccc(-c2ccccc2)o1. The first-order valence-corrected chi connectivity index (χ1v) is 6.58. The second kappa shape index (κ2) is 6.23. The monoisotopic (exact) mass is 257 g/mol. The van der Waals surface area contributed by atoms with Crippen LogP contribution < -0.4 is 5.32 Å². The number of nitrogens with one attached hydrogen (secondary N) is 1. The third-order valence-electron chi connectivity index (χ3n) is 2.77. The van der Waals surface area contributed by atoms with E-state index < -0.39 is 0 Å². The van der Waals surface area contributed by atoms with E-state index >= 15 is 0 Å². The van der Waals surface area contributed by atoms with Crippen LogP contribution in [-0.4, -0.2) is 11.9 Å². The van der Waals surface area contributed by atoms with Gasteiger partial charge in [0.05, 0.1) is 0 Å². The molecule has 3 heteroatoms. The number of carbonyl (C=O) groups is 1. The van der Waals surface area contributed by atoms with Crippen molar-refractivity contribution >= 4 is 5.91 Å². The molecule has 2 aromatic rings. The van der Waals surface area contributed by atoms with E-state index in [-0.39, 0.29) is 11.9 Å². The average molecular weight is 257 g/mol. The predicted molar refractivity (Wildman–Crippen MR) is 75.7 cm³/mol. The van der Waals surface area contributed by atoms with Crippen LogP contribution in [0.1, 0.15) is 26.0 Å². The summed E-state index contributed by atoms with van der Waals surface area (Å²) in [6, 6.07) is 14.0. The fraction of sp³-hybridized carbons (Fsp3) is 0.312. The van der Waals surface area contributed by atoms with E-state index in [9.17, 15) is 4.79 Å². The fourth-order valence-corrected chi connectivity index (χ4v) is 1.90. The van der Waals surface area contributed by atoms with Gasteiger partial charge in [0.1, 0.15) is 11.5 Å². The Balaban J connectivity index is 1.93. The van der Waals surface area contributed by atoms with Crippen molar-refractivity contribution in [3.63, 3.8) is 0 Å². The quantitative estimate of drug-likeness (QED) is 0.892. The number of hydrogen-bond donors (Lipinski definition) is 1. The highest BCUT2D eigenvalue weighted by atomic mass is 16.3. The molecule has 0 bridgehead atoms. The third-order valence-corrected chi connectivity index (χ3v) is 2.77. The molecule has 0 radical (unpaired) electrons. The highest BCUT2D eigenvalue weighted by molar-refractivity contribution is 5.76. The Kier molecular flexibility index (Phi) is 4.39. The van der Waals surface area contributed by atoms with Gasteiger partial charge in [0.2, 0.25) is 5.91 Å². The standard InChI is InChI=1S/C16H19NO2/c1-12(2)17-16(18)11-9-14-8-10-15(19-14)13-6-4-3-5-7-13/h3-8,10,12H,9,11H2,1-2H3,(H,17,18). The first-order chi connectivity index (χ1) is 9.15. The second-order valence-corrected chi connectivity index (χ2v) is 4.85. The lowest BCUT2D eigenvalue weighted by Crippen LogP contribution is -2.30. The van der Waals surface area contributed by atoms with E-state index in [0.717, 1.165) is 17.1 Å². The molecule has 1 heterocycles. The molecular weight excluding hydrogens is 238 g/mol. The first-order valence-electron chi connectivity index (χ1n) is 6.58. The van der Waals surface area contributed by atoms with Gasteiger partial charge < -0.3 is 9.73 Å². The molecule has 19 heavy (non-hydrogen) atoms. The first kappa shape index (κ1) is 13.4. The maximum atomic E-state index is 11.6. The molecule has 0 spiro atoms. The molecule has 0 fully saturated rings. The van der Waals surface area contributed by atoms with Gasteiger partial charge in [-0.1, -0.05) is 30.3 Å². The van der Waals surface area contributed by atoms with Crippen LogP contribution in [0.3, 0.4) is 0 Å². The third kappa shape index (κ3) is 3.98. The highest BCUT2D eigenvalue weighted by Gasteiger charge is 2.07. The summed E-state index contributed by atoms with van der Waals surface area (Å²) in [5.74, 6) is 1.75. The molecule has 0 saturated carbocycles. The molecule has 0 aliphatic heterocycles. The summed E-state index contributed by atoms with van der Waals surface area (Å²) in [6.07, 6.45) is 1.09. The minimum Gasteiger partial charge on any atom is -0.461 e. The normalized spacial score (nSPS) is 10.7. The van der Waals surface area contributed by atoms with Crippen LogP contribution in [0.25, 0.3) is 11.3 Å². The van der Waals surface area contributed by atoms with E-state index in [2.05, 4.69) is 5.32 Å². The van der Waals surface area contributed by atoms with E-state index in [0.29, 0.717) is 12.8 Å². The number of amides is 1. The van der Waals surface area contributed by atoms with Gasteiger partial charge in [-0.2, -0.15) is 0 Å². The summed E-state index contributed by atoms with van der Waals surface area (Å²) in [7, 11) is 0. The van der Waals surface area contributed by atoms with Crippen molar-refractivity contribution in [2.45, 2.75) is 32.7 Å². The molecule has 100 valence electrons. The number of carbonyl (C=O) groups excluding carboxylic acids is 1. The molecule has 3 nitrogen and oxygen atoms in total. The zero-order valence-corrected chi connectivity index (χ0v) is 11.3. The number of hydrogen-bond acceptors (Lipinski definition) is 2. The Bertz CT molecular complexity index is 529. The smallest absolute Gasteiger partial charge is 0.220 e. The van der Waals surface area contributed by atoms with E-state index in [1.807, 2.05) is 56.3 Å². The minimum atomic E-state index is 0.0626. The number of aryl methyl sites for hydroxylation is 1. The maximum absolute atomic E-state index is 11.6. The maximum Gasteiger partial charge on any atom is 0.220 e. The van der Waals surface area contributed by atoms with Gasteiger partial charge >= 0.3 is 0 Å². The van der Waals surface area contributed by atoms with Crippen LogP contribution in [-0.2, 0) is 11.2 Å². The van der Waals surface area contributed by atoms with Crippen LogP contribution in [0.15, 0.2) is 46.9 Å². The topological polar surface area (TPSA) is 42.2 Å². The molecule has 1 aromatic heterocycles. The Hall–Kier alpha value is -2.03. The summed E-state index contributed by atoms with van der Waals surface area (Å²) in [6.45, 7) is 3.91. The van der Waals surface area contributed by atoms with Crippen molar-refractivity contribution in [3.8, 4) is 11.3 Å². The van der Waals surface area contributed by atoms with Crippen LogP contribution >= 0.6 is 0 Å². The largest absolute Gasteiger partial charge is 0.461 e. The van der Waals surface area contributed by atoms with Crippen LogP contribution in [0, 0.1) is 0 Å². The Morgan fingerprint density at radius 1 is 1.16 bits per heavy atom. The summed E-state index contributed by atoms with van der Waals surface area (Å²) in [4.78, 5) is 11.6. The summed E-state index contributed by atoms with van der Waals surface area (Å²) < 4.78 is 5.75. The van der Waals surface area contributed by atoms with Gasteiger partial charge in [0.15, 0.2) is 0 Å². The van der Waals surface area contributed by atoms with Crippen LogP contribution in [0.4, 0.5) is 0 Å². The second-order valence-electron chi connectivity index (χ2n) is 4.85. The molecule has 0 aliphatic rings. The van der Waals surface area contributed by atoms with Gasteiger partial charge in [0, 0.05) is 24.4 Å². The van der Waals surface area contributed by atoms with Crippen LogP contribution in [0.5, 0.6) is 0 Å².